The van der Waals surface area contributed by atoms with E-state index in [4.69, 9.17) is 15.2 Å². The van der Waals surface area contributed by atoms with Crippen LogP contribution in [-0.2, 0) is 14.3 Å². The number of carbonyl (C=O) groups excluding carboxylic acids is 2. The molecular weight excluding hydrogens is 552 g/mol. The summed E-state index contributed by atoms with van der Waals surface area (Å²) in [7, 11) is 2.61. The lowest BCUT2D eigenvalue weighted by Gasteiger charge is -2.27. The highest BCUT2D eigenvalue weighted by Crippen LogP contribution is 2.38. The van der Waals surface area contributed by atoms with E-state index in [2.05, 4.69) is 5.32 Å². The van der Waals surface area contributed by atoms with Crippen molar-refractivity contribution in [3.05, 3.63) is 121 Å². The molecule has 208 valence electrons. The number of methoxy groups -OCH3 is 2. The molecule has 0 saturated heterocycles. The number of carbonyl (C=O) groups is 2. The molecule has 0 radical (unpaired) electrons. The molecule has 8 nitrogen and oxygen atoms in total. The van der Waals surface area contributed by atoms with Crippen molar-refractivity contribution in [1.29, 1.82) is 0 Å². The van der Waals surface area contributed by atoms with E-state index in [9.17, 15) is 18.8 Å². The van der Waals surface area contributed by atoms with E-state index in [0.29, 0.717) is 11.4 Å². The molecule has 1 unspecified atom stereocenters. The predicted octanol–water partition coefficient (Wildman–Crippen LogP) is 2.91. The standard InChI is InChI=1S/C30H23F2N3O5S/c1-39-18-13-11-17(12-14-18)34-27(36)25-23(19-8-4-6-10-21(19)32)24(30(38)40-2)26(33)35-28(37)22(41-29(25)35)15-16-7-3-5-9-20(16)31/h3-15,23H,33H2,1-2H3,(H,34,36)/b22-15+. The quantitative estimate of drug-likeness (QED) is 0.342. The lowest BCUT2D eigenvalue weighted by atomic mass is 9.82. The topological polar surface area (TPSA) is 113 Å². The van der Waals surface area contributed by atoms with Crippen molar-refractivity contribution in [3.8, 4) is 5.75 Å². The van der Waals surface area contributed by atoms with Crippen molar-refractivity contribution < 1.29 is 27.8 Å². The van der Waals surface area contributed by atoms with Crippen molar-refractivity contribution in [2.24, 2.45) is 5.73 Å². The van der Waals surface area contributed by atoms with Gasteiger partial charge in [-0.1, -0.05) is 36.4 Å². The second kappa shape index (κ2) is 11.2. The van der Waals surface area contributed by atoms with Crippen LogP contribution >= 0.6 is 11.3 Å². The van der Waals surface area contributed by atoms with E-state index >= 15 is 4.39 Å². The second-order valence-electron chi connectivity index (χ2n) is 8.92. The third-order valence-corrected chi connectivity index (χ3v) is 7.66. The number of fused-ring (bicyclic) bond motifs is 1. The normalized spacial score (nSPS) is 15.0. The number of nitrogens with two attached hydrogens (primary N) is 1. The number of aromatic nitrogens is 1. The summed E-state index contributed by atoms with van der Waals surface area (Å²) in [6.45, 7) is 0. The molecule has 1 atom stereocenters. The van der Waals surface area contributed by atoms with E-state index < -0.39 is 35.0 Å². The highest BCUT2D eigenvalue weighted by atomic mass is 32.1. The third kappa shape index (κ3) is 5.03. The van der Waals surface area contributed by atoms with Gasteiger partial charge >= 0.3 is 5.97 Å². The number of rotatable bonds is 6. The minimum Gasteiger partial charge on any atom is -0.497 e. The highest BCUT2D eigenvalue weighted by Gasteiger charge is 2.40. The summed E-state index contributed by atoms with van der Waals surface area (Å²) in [6.07, 6.45) is 1.33. The molecule has 0 fully saturated rings. The van der Waals surface area contributed by atoms with Crippen molar-refractivity contribution in [2.45, 2.75) is 5.92 Å². The van der Waals surface area contributed by atoms with Gasteiger partial charge in [-0.15, -0.1) is 11.3 Å². The van der Waals surface area contributed by atoms with Crippen molar-refractivity contribution in [2.75, 3.05) is 19.5 Å². The number of benzene rings is 3. The molecule has 1 aromatic heterocycles. The van der Waals surface area contributed by atoms with Crippen LogP contribution in [0.25, 0.3) is 17.5 Å². The second-order valence-corrected chi connectivity index (χ2v) is 9.95. The third-order valence-electron chi connectivity index (χ3n) is 6.55. The van der Waals surface area contributed by atoms with Crippen molar-refractivity contribution >= 4 is 46.4 Å². The fourth-order valence-corrected chi connectivity index (χ4v) is 5.77. The van der Waals surface area contributed by atoms with E-state index in [-0.39, 0.29) is 37.3 Å². The summed E-state index contributed by atoms with van der Waals surface area (Å²) in [5.41, 5.74) is 5.80. The zero-order valence-electron chi connectivity index (χ0n) is 21.8. The number of hydrogen-bond acceptors (Lipinski definition) is 7. The molecule has 41 heavy (non-hydrogen) atoms. The van der Waals surface area contributed by atoms with Gasteiger partial charge in [0.05, 0.1) is 35.8 Å². The van der Waals surface area contributed by atoms with Crippen LogP contribution in [-0.4, -0.2) is 30.7 Å². The van der Waals surface area contributed by atoms with Crippen LogP contribution in [0, 0.1) is 11.6 Å². The monoisotopic (exact) mass is 575 g/mol. The van der Waals surface area contributed by atoms with Crippen LogP contribution in [0.2, 0.25) is 0 Å². The number of thiazole rings is 1. The fourth-order valence-electron chi connectivity index (χ4n) is 4.60. The number of amides is 1. The smallest absolute Gasteiger partial charge is 0.338 e. The molecule has 5 rings (SSSR count). The van der Waals surface area contributed by atoms with E-state index in [1.807, 2.05) is 0 Å². The van der Waals surface area contributed by atoms with E-state index in [1.54, 1.807) is 36.4 Å². The maximum absolute atomic E-state index is 15.3. The maximum Gasteiger partial charge on any atom is 0.338 e. The van der Waals surface area contributed by atoms with Gasteiger partial charge in [-0.2, -0.15) is 0 Å². The lowest BCUT2D eigenvalue weighted by Crippen LogP contribution is -2.42. The molecule has 0 spiro atoms. The number of esters is 1. The van der Waals surface area contributed by atoms with Crippen molar-refractivity contribution in [1.82, 2.24) is 4.57 Å². The van der Waals surface area contributed by atoms with E-state index in [1.165, 1.54) is 49.6 Å². The van der Waals surface area contributed by atoms with Gasteiger partial charge < -0.3 is 20.5 Å². The highest BCUT2D eigenvalue weighted by molar-refractivity contribution is 7.07. The number of anilines is 1. The molecule has 1 aliphatic rings. The molecule has 1 aliphatic heterocycles. The van der Waals surface area contributed by atoms with Crippen LogP contribution in [0.3, 0.4) is 0 Å². The first-order valence-electron chi connectivity index (χ1n) is 12.3. The van der Waals surface area contributed by atoms with Gasteiger partial charge in [-0.05, 0) is 42.5 Å². The summed E-state index contributed by atoms with van der Waals surface area (Å²) >= 11 is 0.870. The van der Waals surface area contributed by atoms with Gasteiger partial charge in [-0.25, -0.2) is 13.6 Å². The molecule has 0 saturated carbocycles. The average Bonchev–Trinajstić information content (AvgIpc) is 3.29. The largest absolute Gasteiger partial charge is 0.497 e. The Kier molecular flexibility index (Phi) is 7.54. The van der Waals surface area contributed by atoms with Gasteiger partial charge in [0.1, 0.15) is 27.9 Å². The molecular formula is C30H23F2N3O5S. The molecule has 3 aromatic carbocycles. The summed E-state index contributed by atoms with van der Waals surface area (Å²) in [4.78, 5) is 40.7. The lowest BCUT2D eigenvalue weighted by molar-refractivity contribution is -0.136. The molecule has 0 aliphatic carbocycles. The van der Waals surface area contributed by atoms with Crippen LogP contribution in [0.4, 0.5) is 14.5 Å². The molecule has 3 N–H and O–H groups in total. The van der Waals surface area contributed by atoms with Gasteiger partial charge in [0.2, 0.25) is 0 Å². The van der Waals surface area contributed by atoms with E-state index in [0.717, 1.165) is 23.0 Å². The van der Waals surface area contributed by atoms with Crippen molar-refractivity contribution in [3.63, 3.8) is 0 Å². The Morgan fingerprint density at radius 1 is 0.951 bits per heavy atom. The number of nitrogens with zero attached hydrogens (tertiary/aromatic N) is 1. The molecule has 11 heteroatoms. The van der Waals surface area contributed by atoms with Crippen LogP contribution in [0.5, 0.6) is 5.75 Å². The van der Waals surface area contributed by atoms with Gasteiger partial charge in [-0.3, -0.25) is 14.2 Å². The van der Waals surface area contributed by atoms with Gasteiger partial charge in [0.15, 0.2) is 0 Å². The zero-order chi connectivity index (χ0) is 29.3. The Hall–Kier alpha value is -5.03. The minimum atomic E-state index is -1.33. The number of nitrogens with one attached hydrogen (secondary N) is 1. The molecule has 1 amide bonds. The Morgan fingerprint density at radius 2 is 1.61 bits per heavy atom. The fraction of sp³-hybridized carbons (Fsp3) is 0.100. The molecule has 4 aromatic rings. The predicted molar refractivity (Wildman–Crippen MR) is 151 cm³/mol. The Bertz CT molecular complexity index is 1890. The summed E-state index contributed by atoms with van der Waals surface area (Å²) in [5.74, 6) is -4.03. The van der Waals surface area contributed by atoms with Crippen LogP contribution < -0.4 is 30.5 Å². The number of halogens is 2. The maximum atomic E-state index is 15.3. The first kappa shape index (κ1) is 27.5. The molecule has 2 heterocycles. The number of hydrogen-bond donors (Lipinski definition) is 2. The first-order chi connectivity index (χ1) is 19.7. The van der Waals surface area contributed by atoms with Gasteiger partial charge in [0.25, 0.3) is 11.5 Å². The molecule has 0 bridgehead atoms. The summed E-state index contributed by atoms with van der Waals surface area (Å²) in [5, 5.41) is 2.75. The van der Waals surface area contributed by atoms with Crippen LogP contribution in [0.15, 0.2) is 83.2 Å². The minimum absolute atomic E-state index is 0.0255. The average molecular weight is 576 g/mol. The zero-order valence-corrected chi connectivity index (χ0v) is 22.6. The Labute approximate surface area is 236 Å². The first-order valence-corrected chi connectivity index (χ1v) is 13.1. The summed E-state index contributed by atoms with van der Waals surface area (Å²) < 4.78 is 41.0. The Morgan fingerprint density at radius 3 is 2.24 bits per heavy atom. The summed E-state index contributed by atoms with van der Waals surface area (Å²) in [6, 6.07) is 17.9. The Balaban J connectivity index is 1.84. The number of ether oxygens (including phenoxy) is 2. The SMILES string of the molecule is COC(=O)C1=C(N)n2c(s/c(=C/c3ccccc3F)c2=O)=C(C(=O)Nc2ccc(OC)cc2)C1c1ccccc1F. The van der Waals surface area contributed by atoms with Crippen LogP contribution in [0.1, 0.15) is 17.0 Å². The van der Waals surface area contributed by atoms with Gasteiger partial charge in [0, 0.05) is 16.8 Å².